The molecule has 0 spiro atoms. The highest BCUT2D eigenvalue weighted by molar-refractivity contribution is 7.99. The first-order valence-corrected chi connectivity index (χ1v) is 7.28. The Hall–Kier alpha value is -1.30. The average molecular weight is 287 g/mol. The van der Waals surface area contributed by atoms with Crippen LogP contribution in [0.5, 0.6) is 0 Å². The van der Waals surface area contributed by atoms with Crippen LogP contribution in [-0.2, 0) is 0 Å². The Kier molecular flexibility index (Phi) is 4.63. The summed E-state index contributed by atoms with van der Waals surface area (Å²) in [7, 11) is 0. The lowest BCUT2D eigenvalue weighted by Gasteiger charge is -2.22. The van der Waals surface area contributed by atoms with Crippen molar-refractivity contribution in [1.29, 1.82) is 0 Å². The molecule has 0 unspecified atom stereocenters. The smallest absolute Gasteiger partial charge is 0.338 e. The highest BCUT2D eigenvalue weighted by atomic mass is 32.2. The monoisotopic (exact) mass is 287 g/mol. The van der Waals surface area contributed by atoms with Crippen LogP contribution in [0.15, 0.2) is 12.1 Å². The molecule has 3 nitrogen and oxygen atoms in total. The predicted octanol–water partition coefficient (Wildman–Crippen LogP) is 3.22. The van der Waals surface area contributed by atoms with Gasteiger partial charge < -0.3 is 10.4 Å². The molecule has 1 aromatic rings. The summed E-state index contributed by atoms with van der Waals surface area (Å²) >= 11 is 1.90. The van der Waals surface area contributed by atoms with Crippen molar-refractivity contribution in [1.82, 2.24) is 0 Å². The number of carboxylic acids is 1. The number of rotatable bonds is 4. The van der Waals surface area contributed by atoms with Crippen LogP contribution in [0.4, 0.5) is 14.5 Å². The molecule has 0 atom stereocenters. The van der Waals surface area contributed by atoms with Gasteiger partial charge in [0.1, 0.15) is 0 Å². The molecule has 0 radical (unpaired) electrons. The van der Waals surface area contributed by atoms with E-state index < -0.39 is 23.2 Å². The third kappa shape index (κ3) is 3.37. The van der Waals surface area contributed by atoms with Crippen molar-refractivity contribution in [2.75, 3.05) is 23.4 Å². The largest absolute Gasteiger partial charge is 0.478 e. The van der Waals surface area contributed by atoms with Gasteiger partial charge in [0.15, 0.2) is 11.6 Å². The molecule has 19 heavy (non-hydrogen) atoms. The number of halogens is 2. The highest BCUT2D eigenvalue weighted by Gasteiger charge is 2.19. The van der Waals surface area contributed by atoms with E-state index in [0.29, 0.717) is 12.5 Å². The Balaban J connectivity index is 2.04. The summed E-state index contributed by atoms with van der Waals surface area (Å²) in [6, 6.07) is 2.36. The molecule has 0 saturated carbocycles. The fourth-order valence-electron chi connectivity index (χ4n) is 2.06. The van der Waals surface area contributed by atoms with E-state index >= 15 is 0 Å². The summed E-state index contributed by atoms with van der Waals surface area (Å²) < 4.78 is 27.2. The summed E-state index contributed by atoms with van der Waals surface area (Å²) in [5.41, 5.74) is -0.613. The van der Waals surface area contributed by atoms with Gasteiger partial charge in [-0.2, -0.15) is 11.8 Å². The zero-order valence-corrected chi connectivity index (χ0v) is 11.1. The van der Waals surface area contributed by atoms with Crippen molar-refractivity contribution in [2.24, 2.45) is 5.92 Å². The van der Waals surface area contributed by atoms with Gasteiger partial charge in [0.2, 0.25) is 0 Å². The Morgan fingerprint density at radius 1 is 1.32 bits per heavy atom. The molecule has 6 heteroatoms. The van der Waals surface area contributed by atoms with E-state index in [1.807, 2.05) is 11.8 Å². The molecule has 0 aliphatic carbocycles. The maximum Gasteiger partial charge on any atom is 0.338 e. The normalized spacial score (nSPS) is 16.3. The van der Waals surface area contributed by atoms with Crippen molar-refractivity contribution < 1.29 is 18.7 Å². The van der Waals surface area contributed by atoms with Gasteiger partial charge in [0.05, 0.1) is 11.3 Å². The first kappa shape index (κ1) is 14.1. The van der Waals surface area contributed by atoms with E-state index in [4.69, 9.17) is 5.11 Å². The van der Waals surface area contributed by atoms with Crippen LogP contribution in [0, 0.1) is 17.6 Å². The van der Waals surface area contributed by atoms with E-state index in [2.05, 4.69) is 5.32 Å². The van der Waals surface area contributed by atoms with Gasteiger partial charge in [-0.25, -0.2) is 13.6 Å². The number of anilines is 1. The molecule has 2 rings (SSSR count). The van der Waals surface area contributed by atoms with Crippen molar-refractivity contribution in [3.8, 4) is 0 Å². The summed E-state index contributed by atoms with van der Waals surface area (Å²) in [6.07, 6.45) is 2.13. The van der Waals surface area contributed by atoms with Crippen molar-refractivity contribution in [2.45, 2.75) is 12.8 Å². The maximum atomic E-state index is 13.7. The minimum absolute atomic E-state index is 0.0285. The van der Waals surface area contributed by atoms with Gasteiger partial charge in [-0.1, -0.05) is 0 Å². The number of aromatic carboxylic acids is 1. The molecule has 0 bridgehead atoms. The number of nitrogens with one attached hydrogen (secondary N) is 1. The first-order chi connectivity index (χ1) is 9.09. The topological polar surface area (TPSA) is 49.3 Å². The summed E-state index contributed by atoms with van der Waals surface area (Å²) in [5.74, 6) is -1.24. The number of carbonyl (C=O) groups is 1. The summed E-state index contributed by atoms with van der Waals surface area (Å²) in [4.78, 5) is 10.7. The van der Waals surface area contributed by atoms with Gasteiger partial charge in [-0.3, -0.25) is 0 Å². The third-order valence-corrected chi connectivity index (χ3v) is 4.28. The average Bonchev–Trinajstić information content (AvgIpc) is 2.41. The molecule has 1 aliphatic rings. The zero-order valence-electron chi connectivity index (χ0n) is 10.3. The molecule has 1 aliphatic heterocycles. The van der Waals surface area contributed by atoms with Crippen LogP contribution in [0.3, 0.4) is 0 Å². The van der Waals surface area contributed by atoms with E-state index in [-0.39, 0.29) is 5.69 Å². The van der Waals surface area contributed by atoms with Crippen molar-refractivity contribution in [3.05, 3.63) is 29.3 Å². The minimum atomic E-state index is -1.47. The third-order valence-electron chi connectivity index (χ3n) is 3.23. The van der Waals surface area contributed by atoms with Crippen LogP contribution >= 0.6 is 11.8 Å². The molecule has 1 saturated heterocycles. The lowest BCUT2D eigenvalue weighted by atomic mass is 10.0. The Labute approximate surface area is 114 Å². The number of thioether (sulfide) groups is 1. The van der Waals surface area contributed by atoms with Crippen molar-refractivity contribution >= 4 is 23.4 Å². The second-order valence-electron chi connectivity index (χ2n) is 4.53. The molecular formula is C13H15F2NO2S. The fraction of sp³-hybridized carbons (Fsp3) is 0.462. The molecule has 104 valence electrons. The summed E-state index contributed by atoms with van der Waals surface area (Å²) in [6.45, 7) is 0.587. The molecule has 1 aromatic carbocycles. The number of hydrogen-bond acceptors (Lipinski definition) is 3. The molecule has 0 aromatic heterocycles. The highest BCUT2D eigenvalue weighted by Crippen LogP contribution is 2.25. The maximum absolute atomic E-state index is 13.7. The van der Waals surface area contributed by atoms with Gasteiger partial charge in [-0.05, 0) is 42.4 Å². The minimum Gasteiger partial charge on any atom is -0.478 e. The van der Waals surface area contributed by atoms with Gasteiger partial charge in [-0.15, -0.1) is 0 Å². The van der Waals surface area contributed by atoms with Crippen LogP contribution in [0.2, 0.25) is 0 Å². The molecule has 2 N–H and O–H groups in total. The number of benzene rings is 1. The number of carboxylic acid groups (broad SMARTS) is 1. The fourth-order valence-corrected chi connectivity index (χ4v) is 3.26. The van der Waals surface area contributed by atoms with Gasteiger partial charge in [0, 0.05) is 6.54 Å². The predicted molar refractivity (Wildman–Crippen MR) is 71.9 cm³/mol. The molecule has 1 fully saturated rings. The first-order valence-electron chi connectivity index (χ1n) is 6.12. The van der Waals surface area contributed by atoms with Crippen LogP contribution in [0.25, 0.3) is 0 Å². The van der Waals surface area contributed by atoms with Crippen LogP contribution < -0.4 is 5.32 Å². The number of hydrogen-bond donors (Lipinski definition) is 2. The van der Waals surface area contributed by atoms with E-state index in [1.54, 1.807) is 0 Å². The van der Waals surface area contributed by atoms with Gasteiger partial charge >= 0.3 is 5.97 Å². The van der Waals surface area contributed by atoms with Crippen LogP contribution in [-0.4, -0.2) is 29.1 Å². The lowest BCUT2D eigenvalue weighted by molar-refractivity contribution is 0.0690. The second kappa shape index (κ2) is 6.23. The van der Waals surface area contributed by atoms with E-state index in [9.17, 15) is 13.6 Å². The van der Waals surface area contributed by atoms with Crippen molar-refractivity contribution in [3.63, 3.8) is 0 Å². The van der Waals surface area contributed by atoms with E-state index in [0.717, 1.165) is 30.4 Å². The van der Waals surface area contributed by atoms with Crippen LogP contribution in [0.1, 0.15) is 23.2 Å². The lowest BCUT2D eigenvalue weighted by Crippen LogP contribution is -2.20. The zero-order chi connectivity index (χ0) is 13.8. The standard InChI is InChI=1S/C13H15F2NO2S/c14-11-9(13(17)18)1-2-10(12(11)15)16-7-8-3-5-19-6-4-8/h1-2,8,16H,3-7H2,(H,17,18). The Morgan fingerprint density at radius 2 is 2.00 bits per heavy atom. The Bertz CT molecular complexity index is 476. The van der Waals surface area contributed by atoms with Gasteiger partial charge in [0.25, 0.3) is 0 Å². The summed E-state index contributed by atoms with van der Waals surface area (Å²) in [5, 5.41) is 11.6. The molecule has 1 heterocycles. The van der Waals surface area contributed by atoms with E-state index in [1.165, 1.54) is 6.07 Å². The SMILES string of the molecule is O=C(O)c1ccc(NCC2CCSCC2)c(F)c1F. The molecular weight excluding hydrogens is 272 g/mol. The Morgan fingerprint density at radius 3 is 2.63 bits per heavy atom. The quantitative estimate of drug-likeness (QED) is 0.892. The molecule has 0 amide bonds. The second-order valence-corrected chi connectivity index (χ2v) is 5.76.